The van der Waals surface area contributed by atoms with Crippen LogP contribution >= 0.6 is 0 Å². The molecule has 2 rings (SSSR count). The Bertz CT molecular complexity index is 550. The van der Waals surface area contributed by atoms with Crippen LogP contribution in [0.15, 0.2) is 48.8 Å². The third-order valence-electron chi connectivity index (χ3n) is 2.66. The number of hydrogen-bond donors (Lipinski definition) is 1. The molecule has 4 nitrogen and oxygen atoms in total. The number of benzene rings is 1. The Morgan fingerprint density at radius 2 is 2.00 bits per heavy atom. The monoisotopic (exact) mass is 242 g/mol. The highest BCUT2D eigenvalue weighted by molar-refractivity contribution is 6.04. The average molecular weight is 242 g/mol. The number of carbonyl (C=O) groups excluding carboxylic acids is 1. The van der Waals surface area contributed by atoms with E-state index in [0.29, 0.717) is 10.3 Å². The van der Waals surface area contributed by atoms with Crippen molar-refractivity contribution >= 4 is 11.6 Å². The molecule has 1 N–H and O–H groups in total. The Balaban J connectivity index is 2.13. The van der Waals surface area contributed by atoms with E-state index in [2.05, 4.69) is 12.2 Å². The molecule has 0 saturated carbocycles. The van der Waals surface area contributed by atoms with Gasteiger partial charge in [-0.1, -0.05) is 19.1 Å². The minimum absolute atomic E-state index is 0.219. The highest BCUT2D eigenvalue weighted by Gasteiger charge is 2.07. The molecule has 1 aromatic carbocycles. The molecule has 1 heterocycles. The maximum Gasteiger partial charge on any atom is 0.256 e. The molecule has 0 fully saturated rings. The van der Waals surface area contributed by atoms with Crippen molar-refractivity contribution in [2.75, 3.05) is 5.32 Å². The number of rotatable bonds is 3. The van der Waals surface area contributed by atoms with Crippen molar-refractivity contribution in [2.45, 2.75) is 13.3 Å². The van der Waals surface area contributed by atoms with Crippen LogP contribution in [-0.2, 0) is 6.42 Å². The summed E-state index contributed by atoms with van der Waals surface area (Å²) in [5.74, 6) is -0.219. The predicted octanol–water partition coefficient (Wildman–Crippen LogP) is 2.13. The van der Waals surface area contributed by atoms with Gasteiger partial charge < -0.3 is 10.5 Å². The van der Waals surface area contributed by atoms with E-state index in [1.54, 1.807) is 0 Å². The molecule has 18 heavy (non-hydrogen) atoms. The zero-order chi connectivity index (χ0) is 13.0. The first-order chi connectivity index (χ1) is 8.69. The summed E-state index contributed by atoms with van der Waals surface area (Å²) >= 11 is 0. The molecule has 0 atom stereocenters. The smallest absolute Gasteiger partial charge is 0.256 e. The Labute approximate surface area is 105 Å². The highest BCUT2D eigenvalue weighted by atomic mass is 16.5. The Morgan fingerprint density at radius 1 is 1.28 bits per heavy atom. The van der Waals surface area contributed by atoms with Crippen molar-refractivity contribution in [2.24, 2.45) is 0 Å². The molecule has 1 amide bonds. The fourth-order valence-corrected chi connectivity index (χ4v) is 1.64. The molecule has 0 bridgehead atoms. The van der Waals surface area contributed by atoms with Crippen molar-refractivity contribution in [3.63, 3.8) is 0 Å². The van der Waals surface area contributed by atoms with Crippen LogP contribution in [0.2, 0.25) is 0 Å². The number of anilines is 1. The summed E-state index contributed by atoms with van der Waals surface area (Å²) in [5, 5.41) is 13.7. The van der Waals surface area contributed by atoms with E-state index in [4.69, 9.17) is 0 Å². The van der Waals surface area contributed by atoms with Crippen LogP contribution < -0.4 is 10.0 Å². The zero-order valence-electron chi connectivity index (χ0n) is 10.1. The second-order valence-corrected chi connectivity index (χ2v) is 3.95. The third kappa shape index (κ3) is 2.85. The van der Waals surface area contributed by atoms with Gasteiger partial charge in [0.15, 0.2) is 12.4 Å². The van der Waals surface area contributed by atoms with Gasteiger partial charge in [-0.3, -0.25) is 4.79 Å². The average Bonchev–Trinajstić information content (AvgIpc) is 2.39. The lowest BCUT2D eigenvalue weighted by molar-refractivity contribution is -0.605. The first kappa shape index (κ1) is 12.1. The molecule has 92 valence electrons. The lowest BCUT2D eigenvalue weighted by atomic mass is 10.1. The van der Waals surface area contributed by atoms with Gasteiger partial charge in [-0.25, -0.2) is 0 Å². The molecule has 1 aromatic heterocycles. The van der Waals surface area contributed by atoms with Gasteiger partial charge >= 0.3 is 0 Å². The van der Waals surface area contributed by atoms with Crippen molar-refractivity contribution in [3.05, 3.63) is 65.1 Å². The number of aryl methyl sites for hydroxylation is 1. The van der Waals surface area contributed by atoms with Gasteiger partial charge in [0.25, 0.3) is 5.91 Å². The molecular formula is C14H14N2O2. The van der Waals surface area contributed by atoms with Crippen LogP contribution in [0.25, 0.3) is 0 Å². The minimum Gasteiger partial charge on any atom is -0.619 e. The third-order valence-corrected chi connectivity index (χ3v) is 2.66. The molecule has 4 heteroatoms. The molecule has 0 aliphatic rings. The maximum atomic E-state index is 11.9. The van der Waals surface area contributed by atoms with Crippen LogP contribution in [0.3, 0.4) is 0 Å². The van der Waals surface area contributed by atoms with Crippen LogP contribution in [0.4, 0.5) is 5.69 Å². The molecule has 0 saturated heterocycles. The summed E-state index contributed by atoms with van der Waals surface area (Å²) < 4.78 is 0.647. The Morgan fingerprint density at radius 3 is 2.67 bits per heavy atom. The van der Waals surface area contributed by atoms with E-state index in [0.717, 1.165) is 12.1 Å². The van der Waals surface area contributed by atoms with Gasteiger partial charge in [0, 0.05) is 17.8 Å². The maximum absolute atomic E-state index is 11.9. The van der Waals surface area contributed by atoms with Gasteiger partial charge in [-0.2, -0.15) is 4.73 Å². The first-order valence-corrected chi connectivity index (χ1v) is 5.78. The van der Waals surface area contributed by atoms with E-state index in [1.807, 2.05) is 24.3 Å². The lowest BCUT2D eigenvalue weighted by Crippen LogP contribution is -2.25. The van der Waals surface area contributed by atoms with Gasteiger partial charge in [-0.05, 0) is 24.1 Å². The number of nitrogens with one attached hydrogen (secondary N) is 1. The minimum atomic E-state index is -0.219. The SMILES string of the molecule is CCc1cccc(NC(=O)c2cc[n+]([O-])cc2)c1. The summed E-state index contributed by atoms with van der Waals surface area (Å²) in [6.45, 7) is 2.06. The summed E-state index contributed by atoms with van der Waals surface area (Å²) in [6.07, 6.45) is 3.53. The largest absolute Gasteiger partial charge is 0.619 e. The fraction of sp³-hybridized carbons (Fsp3) is 0.143. The van der Waals surface area contributed by atoms with Crippen molar-refractivity contribution in [1.82, 2.24) is 0 Å². The standard InChI is InChI=1S/C14H14N2O2/c1-2-11-4-3-5-13(10-11)15-14(17)12-6-8-16(18)9-7-12/h3-10H,2H2,1H3,(H,15,17). The number of amides is 1. The van der Waals surface area contributed by atoms with Gasteiger partial charge in [0.2, 0.25) is 0 Å². The summed E-state index contributed by atoms with van der Waals surface area (Å²) in [5.41, 5.74) is 2.39. The zero-order valence-corrected chi connectivity index (χ0v) is 10.1. The molecular weight excluding hydrogens is 228 g/mol. The van der Waals surface area contributed by atoms with Crippen LogP contribution in [-0.4, -0.2) is 5.91 Å². The molecule has 0 unspecified atom stereocenters. The lowest BCUT2D eigenvalue weighted by Gasteiger charge is -2.06. The molecule has 0 radical (unpaired) electrons. The first-order valence-electron chi connectivity index (χ1n) is 5.78. The fourth-order valence-electron chi connectivity index (χ4n) is 1.64. The molecule has 0 aliphatic heterocycles. The number of carbonyl (C=O) groups is 1. The summed E-state index contributed by atoms with van der Waals surface area (Å²) in [4.78, 5) is 11.9. The normalized spacial score (nSPS) is 10.1. The number of aromatic nitrogens is 1. The second-order valence-electron chi connectivity index (χ2n) is 3.95. The van der Waals surface area contributed by atoms with E-state index < -0.39 is 0 Å². The van der Waals surface area contributed by atoms with E-state index in [1.165, 1.54) is 30.1 Å². The second kappa shape index (κ2) is 5.31. The molecule has 0 aliphatic carbocycles. The summed E-state index contributed by atoms with van der Waals surface area (Å²) in [7, 11) is 0. The van der Waals surface area contributed by atoms with E-state index >= 15 is 0 Å². The highest BCUT2D eigenvalue weighted by Crippen LogP contribution is 2.12. The molecule has 0 spiro atoms. The van der Waals surface area contributed by atoms with Gasteiger partial charge in [0.05, 0.1) is 5.56 Å². The van der Waals surface area contributed by atoms with Gasteiger partial charge in [0.1, 0.15) is 0 Å². The van der Waals surface area contributed by atoms with Crippen molar-refractivity contribution in [3.8, 4) is 0 Å². The molecule has 2 aromatic rings. The number of pyridine rings is 1. The van der Waals surface area contributed by atoms with E-state index in [-0.39, 0.29) is 5.91 Å². The van der Waals surface area contributed by atoms with E-state index in [9.17, 15) is 10.0 Å². The van der Waals surface area contributed by atoms with Crippen LogP contribution in [0.5, 0.6) is 0 Å². The summed E-state index contributed by atoms with van der Waals surface area (Å²) in [6, 6.07) is 10.7. The number of hydrogen-bond acceptors (Lipinski definition) is 2. The quantitative estimate of drug-likeness (QED) is 0.662. The van der Waals surface area contributed by atoms with Crippen LogP contribution in [0, 0.1) is 5.21 Å². The number of nitrogens with zero attached hydrogens (tertiary/aromatic N) is 1. The van der Waals surface area contributed by atoms with Crippen molar-refractivity contribution in [1.29, 1.82) is 0 Å². The predicted molar refractivity (Wildman–Crippen MR) is 69.2 cm³/mol. The van der Waals surface area contributed by atoms with Crippen LogP contribution in [0.1, 0.15) is 22.8 Å². The Hall–Kier alpha value is -2.36. The topological polar surface area (TPSA) is 56.0 Å². The Kier molecular flexibility index (Phi) is 3.57. The van der Waals surface area contributed by atoms with Gasteiger partial charge in [-0.15, -0.1) is 0 Å². The van der Waals surface area contributed by atoms with Crippen molar-refractivity contribution < 1.29 is 9.52 Å².